The van der Waals surface area contributed by atoms with Crippen LogP contribution in [0.4, 0.5) is 0 Å². The van der Waals surface area contributed by atoms with E-state index in [0.717, 1.165) is 11.1 Å². The van der Waals surface area contributed by atoms with Crippen LogP contribution in [0.3, 0.4) is 0 Å². The van der Waals surface area contributed by atoms with Gasteiger partial charge in [0.1, 0.15) is 11.5 Å². The molecule has 2 amide bonds. The molecule has 0 bridgehead atoms. The van der Waals surface area contributed by atoms with Gasteiger partial charge in [-0.25, -0.2) is 0 Å². The summed E-state index contributed by atoms with van der Waals surface area (Å²) in [6.45, 7) is 7.07. The summed E-state index contributed by atoms with van der Waals surface area (Å²) in [5.41, 5.74) is 6.72. The van der Waals surface area contributed by atoms with Gasteiger partial charge in [-0.15, -0.1) is 0 Å². The number of ether oxygens (including phenoxy) is 2. The predicted octanol–water partition coefficient (Wildman–Crippen LogP) is 3.34. The van der Waals surface area contributed by atoms with Gasteiger partial charge in [-0.1, -0.05) is 23.7 Å². The zero-order chi connectivity index (χ0) is 20.0. The Hall–Kier alpha value is -2.73. The van der Waals surface area contributed by atoms with Crippen LogP contribution in [0.2, 0.25) is 5.02 Å². The lowest BCUT2D eigenvalue weighted by molar-refractivity contribution is -0.135. The molecule has 2 aromatic rings. The van der Waals surface area contributed by atoms with Crippen molar-refractivity contribution in [1.82, 2.24) is 10.9 Å². The molecule has 0 radical (unpaired) electrons. The van der Waals surface area contributed by atoms with Crippen LogP contribution >= 0.6 is 11.6 Å². The average molecular weight is 391 g/mol. The van der Waals surface area contributed by atoms with Crippen molar-refractivity contribution in [2.75, 3.05) is 0 Å². The van der Waals surface area contributed by atoms with Crippen LogP contribution in [0.1, 0.15) is 25.0 Å². The fourth-order valence-electron chi connectivity index (χ4n) is 2.19. The quantitative estimate of drug-likeness (QED) is 0.741. The third-order valence-electron chi connectivity index (χ3n) is 4.03. The first-order chi connectivity index (χ1) is 12.8. The molecule has 0 aromatic heterocycles. The number of carbonyl (C=O) groups excluding carboxylic acids is 2. The number of hydrogen-bond donors (Lipinski definition) is 2. The lowest BCUT2D eigenvalue weighted by atomic mass is 10.1. The topological polar surface area (TPSA) is 76.7 Å². The van der Waals surface area contributed by atoms with E-state index in [1.165, 1.54) is 0 Å². The second-order valence-corrected chi connectivity index (χ2v) is 6.59. The summed E-state index contributed by atoms with van der Waals surface area (Å²) >= 11 is 5.81. The minimum atomic E-state index is -0.804. The van der Waals surface area contributed by atoms with E-state index < -0.39 is 24.0 Å². The Morgan fingerprint density at radius 1 is 0.889 bits per heavy atom. The number of rotatable bonds is 6. The number of hydrazine groups is 1. The highest BCUT2D eigenvalue weighted by molar-refractivity contribution is 6.30. The molecule has 0 fully saturated rings. The standard InChI is InChI=1S/C20H23ClN2O4/c1-12-6-5-7-18(13(12)2)27-15(4)20(25)23-22-19(24)14(3)26-17-10-8-16(21)9-11-17/h5-11,14-15H,1-4H3,(H,22,24)(H,23,25). The Bertz CT molecular complexity index is 808. The highest BCUT2D eigenvalue weighted by atomic mass is 35.5. The lowest BCUT2D eigenvalue weighted by Gasteiger charge is -2.19. The third-order valence-corrected chi connectivity index (χ3v) is 4.28. The van der Waals surface area contributed by atoms with Gasteiger partial charge >= 0.3 is 0 Å². The van der Waals surface area contributed by atoms with Gasteiger partial charge in [0, 0.05) is 5.02 Å². The normalized spacial score (nSPS) is 12.6. The molecule has 2 rings (SSSR count). The maximum atomic E-state index is 12.2. The van der Waals surface area contributed by atoms with Crippen molar-refractivity contribution in [3.8, 4) is 11.5 Å². The van der Waals surface area contributed by atoms with Crippen LogP contribution in [0, 0.1) is 13.8 Å². The number of aryl methyl sites for hydroxylation is 1. The molecule has 2 atom stereocenters. The van der Waals surface area contributed by atoms with Crippen LogP contribution in [0.25, 0.3) is 0 Å². The Labute approximate surface area is 163 Å². The summed E-state index contributed by atoms with van der Waals surface area (Å²) in [6, 6.07) is 12.3. The van der Waals surface area contributed by atoms with Gasteiger partial charge in [0.25, 0.3) is 11.8 Å². The molecule has 2 aromatic carbocycles. The highest BCUT2D eigenvalue weighted by Crippen LogP contribution is 2.21. The number of carbonyl (C=O) groups is 2. The third kappa shape index (κ3) is 5.89. The van der Waals surface area contributed by atoms with Crippen molar-refractivity contribution in [1.29, 1.82) is 0 Å². The Morgan fingerprint density at radius 2 is 1.44 bits per heavy atom. The first-order valence-electron chi connectivity index (χ1n) is 8.52. The fraction of sp³-hybridized carbons (Fsp3) is 0.300. The molecular weight excluding hydrogens is 368 g/mol. The maximum absolute atomic E-state index is 12.2. The number of benzene rings is 2. The number of nitrogens with one attached hydrogen (secondary N) is 2. The first-order valence-corrected chi connectivity index (χ1v) is 8.90. The number of amides is 2. The summed E-state index contributed by atoms with van der Waals surface area (Å²) in [6.07, 6.45) is -1.58. The fourth-order valence-corrected chi connectivity index (χ4v) is 2.32. The van der Waals surface area contributed by atoms with E-state index in [1.807, 2.05) is 26.0 Å². The zero-order valence-corrected chi connectivity index (χ0v) is 16.5. The van der Waals surface area contributed by atoms with Gasteiger partial charge in [0.2, 0.25) is 0 Å². The van der Waals surface area contributed by atoms with Gasteiger partial charge in [-0.3, -0.25) is 20.4 Å². The van der Waals surface area contributed by atoms with Crippen molar-refractivity contribution < 1.29 is 19.1 Å². The minimum absolute atomic E-state index is 0.469. The molecule has 0 aliphatic carbocycles. The van der Waals surface area contributed by atoms with Crippen LogP contribution < -0.4 is 20.3 Å². The highest BCUT2D eigenvalue weighted by Gasteiger charge is 2.19. The smallest absolute Gasteiger partial charge is 0.279 e. The Morgan fingerprint density at radius 3 is 2.04 bits per heavy atom. The van der Waals surface area contributed by atoms with Crippen molar-refractivity contribution >= 4 is 23.4 Å². The molecule has 0 aliphatic rings. The summed E-state index contributed by atoms with van der Waals surface area (Å²) < 4.78 is 11.2. The van der Waals surface area contributed by atoms with Crippen LogP contribution in [0.15, 0.2) is 42.5 Å². The molecule has 2 N–H and O–H groups in total. The van der Waals surface area contributed by atoms with Crippen LogP contribution in [-0.4, -0.2) is 24.0 Å². The molecule has 0 heterocycles. The molecule has 7 heteroatoms. The van der Waals surface area contributed by atoms with E-state index in [-0.39, 0.29) is 0 Å². The SMILES string of the molecule is Cc1cccc(OC(C)C(=O)NNC(=O)C(C)Oc2ccc(Cl)cc2)c1C. The van der Waals surface area contributed by atoms with Gasteiger partial charge in [-0.05, 0) is 69.2 Å². The summed E-state index contributed by atoms with van der Waals surface area (Å²) in [4.78, 5) is 24.2. The van der Waals surface area contributed by atoms with Crippen molar-refractivity contribution in [2.45, 2.75) is 39.9 Å². The van der Waals surface area contributed by atoms with Crippen molar-refractivity contribution in [3.63, 3.8) is 0 Å². The number of halogens is 1. The Balaban J connectivity index is 1.83. The van der Waals surface area contributed by atoms with Crippen molar-refractivity contribution in [3.05, 3.63) is 58.6 Å². The van der Waals surface area contributed by atoms with Gasteiger partial charge < -0.3 is 9.47 Å². The largest absolute Gasteiger partial charge is 0.481 e. The minimum Gasteiger partial charge on any atom is -0.481 e. The molecule has 2 unspecified atom stereocenters. The lowest BCUT2D eigenvalue weighted by Crippen LogP contribution is -2.50. The van der Waals surface area contributed by atoms with Gasteiger partial charge in [0.05, 0.1) is 0 Å². The van der Waals surface area contributed by atoms with E-state index in [1.54, 1.807) is 44.2 Å². The van der Waals surface area contributed by atoms with Crippen molar-refractivity contribution in [2.24, 2.45) is 0 Å². The maximum Gasteiger partial charge on any atom is 0.279 e. The zero-order valence-electron chi connectivity index (χ0n) is 15.7. The van der Waals surface area contributed by atoms with E-state index >= 15 is 0 Å². The molecule has 27 heavy (non-hydrogen) atoms. The Kier molecular flexibility index (Phi) is 7.07. The molecule has 0 saturated carbocycles. The van der Waals surface area contributed by atoms with E-state index in [9.17, 15) is 9.59 Å². The summed E-state index contributed by atoms with van der Waals surface area (Å²) in [5, 5.41) is 0.574. The van der Waals surface area contributed by atoms with E-state index in [0.29, 0.717) is 16.5 Å². The molecule has 144 valence electrons. The monoisotopic (exact) mass is 390 g/mol. The van der Waals surface area contributed by atoms with Crippen LogP contribution in [-0.2, 0) is 9.59 Å². The van der Waals surface area contributed by atoms with Crippen LogP contribution in [0.5, 0.6) is 11.5 Å². The predicted molar refractivity (Wildman–Crippen MR) is 104 cm³/mol. The molecule has 0 aliphatic heterocycles. The molecule has 6 nitrogen and oxygen atoms in total. The van der Waals surface area contributed by atoms with Gasteiger partial charge in [0.15, 0.2) is 12.2 Å². The van der Waals surface area contributed by atoms with E-state index in [4.69, 9.17) is 21.1 Å². The van der Waals surface area contributed by atoms with Gasteiger partial charge in [-0.2, -0.15) is 0 Å². The average Bonchev–Trinajstić information content (AvgIpc) is 2.64. The second kappa shape index (κ2) is 9.28. The second-order valence-electron chi connectivity index (χ2n) is 6.15. The molecular formula is C20H23ClN2O4. The molecule has 0 saturated heterocycles. The number of hydrogen-bond acceptors (Lipinski definition) is 4. The first kappa shape index (κ1) is 20.6. The summed E-state index contributed by atoms with van der Waals surface area (Å²) in [7, 11) is 0. The van der Waals surface area contributed by atoms with E-state index in [2.05, 4.69) is 10.9 Å². The summed E-state index contributed by atoms with van der Waals surface area (Å²) in [5.74, 6) is 0.170. The molecule has 0 spiro atoms.